The van der Waals surface area contributed by atoms with Crippen molar-refractivity contribution >= 4 is 37.4 Å². The molecule has 0 saturated heterocycles. The maximum Gasteiger partial charge on any atom is 0.357 e. The van der Waals surface area contributed by atoms with E-state index < -0.39 is 10.1 Å². The molecule has 0 radical (unpaired) electrons. The van der Waals surface area contributed by atoms with Crippen molar-refractivity contribution < 1.29 is 39.1 Å². The van der Waals surface area contributed by atoms with Crippen LogP contribution in [0.2, 0.25) is 0 Å². The van der Waals surface area contributed by atoms with Gasteiger partial charge in [0, 0.05) is 23.8 Å². The van der Waals surface area contributed by atoms with Crippen molar-refractivity contribution in [1.82, 2.24) is 4.98 Å². The van der Waals surface area contributed by atoms with Gasteiger partial charge in [0.05, 0.1) is 20.0 Å². The first-order chi connectivity index (χ1) is 17.2. The third-order valence-corrected chi connectivity index (χ3v) is 9.49. The highest BCUT2D eigenvalue weighted by atomic mass is 127. The van der Waals surface area contributed by atoms with Crippen molar-refractivity contribution in [2.45, 2.75) is 11.8 Å². The summed E-state index contributed by atoms with van der Waals surface area (Å²) in [5.41, 5.74) is 2.91. The minimum atomic E-state index is -4.27. The Kier molecular flexibility index (Phi) is 8.09. The second-order valence-electron chi connectivity index (χ2n) is 7.59. The second-order valence-corrected chi connectivity index (χ2v) is 13.0. The zero-order chi connectivity index (χ0) is 25.7. The lowest BCUT2D eigenvalue weighted by atomic mass is 10.2. The molecule has 0 amide bonds. The van der Waals surface area contributed by atoms with E-state index in [1.54, 1.807) is 35.6 Å². The van der Waals surface area contributed by atoms with Crippen LogP contribution in [-0.2, 0) is 10.1 Å². The molecular formula is C26H19IN2O5S2. The van der Waals surface area contributed by atoms with Crippen molar-refractivity contribution in [1.29, 1.82) is 0 Å². The highest BCUT2D eigenvalue weighted by Gasteiger charge is 2.17. The number of non-ortho nitro benzene ring substituents is 1. The van der Waals surface area contributed by atoms with Crippen molar-refractivity contribution in [3.63, 3.8) is 0 Å². The van der Waals surface area contributed by atoms with E-state index in [0.717, 1.165) is 26.4 Å². The molecule has 0 spiro atoms. The number of nitro benzene ring substituents is 1. The lowest BCUT2D eigenvalue weighted by molar-refractivity contribution is -0.597. The number of benzene rings is 4. The Morgan fingerprint density at radius 2 is 1.53 bits per heavy atom. The molecule has 0 saturated carbocycles. The van der Waals surface area contributed by atoms with Crippen molar-refractivity contribution in [3.05, 3.63) is 120 Å². The van der Waals surface area contributed by atoms with Gasteiger partial charge in [0.25, 0.3) is 5.69 Å². The smallest absolute Gasteiger partial charge is 0.357 e. The Morgan fingerprint density at radius 3 is 2.14 bits per heavy atom. The molecule has 0 fully saturated rings. The van der Waals surface area contributed by atoms with E-state index in [1.807, 2.05) is 13.0 Å². The van der Waals surface area contributed by atoms with Crippen molar-refractivity contribution in [2.75, 3.05) is 0 Å². The van der Waals surface area contributed by atoms with Crippen LogP contribution >= 0.6 is 11.3 Å². The van der Waals surface area contributed by atoms with Gasteiger partial charge in [0.2, 0.25) is 0 Å². The van der Waals surface area contributed by atoms with Crippen LogP contribution in [0.15, 0.2) is 102 Å². The molecular weight excluding hydrogens is 611 g/mol. The molecule has 0 aliphatic carbocycles. The van der Waals surface area contributed by atoms with Crippen LogP contribution in [0.3, 0.4) is 0 Å². The van der Waals surface area contributed by atoms with Crippen LogP contribution < -0.4 is 21.2 Å². The number of thiazole rings is 1. The average Bonchev–Trinajstić information content (AvgIpc) is 3.28. The topological polar surface area (TPSA) is 113 Å². The van der Waals surface area contributed by atoms with Crippen molar-refractivity contribution in [3.8, 4) is 10.6 Å². The first kappa shape index (κ1) is 25.9. The van der Waals surface area contributed by atoms with Gasteiger partial charge in [-0.15, -0.1) is 11.3 Å². The predicted octanol–water partition coefficient (Wildman–Crippen LogP) is 2.90. The number of aryl methyl sites for hydroxylation is 1. The maximum absolute atomic E-state index is 10.8. The number of halogens is 1. The highest BCUT2D eigenvalue weighted by molar-refractivity contribution is 7.85. The molecule has 0 unspecified atom stereocenters. The fourth-order valence-electron chi connectivity index (χ4n) is 3.12. The van der Waals surface area contributed by atoms with Crippen LogP contribution in [0.4, 0.5) is 5.69 Å². The summed E-state index contributed by atoms with van der Waals surface area (Å²) in [4.78, 5) is 14.9. The first-order valence-corrected chi connectivity index (χ1v) is 15.0. The predicted molar refractivity (Wildman–Crippen MR) is 135 cm³/mol. The van der Waals surface area contributed by atoms with Gasteiger partial charge < -0.3 is 4.55 Å². The van der Waals surface area contributed by atoms with E-state index in [9.17, 15) is 23.1 Å². The summed E-state index contributed by atoms with van der Waals surface area (Å²) < 4.78 is 35.1. The quantitative estimate of drug-likeness (QED) is 0.128. The summed E-state index contributed by atoms with van der Waals surface area (Å²) in [5.74, 6) is 0. The van der Waals surface area contributed by atoms with Crippen LogP contribution in [0.25, 0.3) is 20.8 Å². The summed E-state index contributed by atoms with van der Waals surface area (Å²) in [6, 6.07) is 29.3. The Hall–Kier alpha value is -3.19. The monoisotopic (exact) mass is 630 g/mol. The third kappa shape index (κ3) is 6.72. The Labute approximate surface area is 222 Å². The number of fused-ring (bicyclic) bond motifs is 1. The van der Waals surface area contributed by atoms with Gasteiger partial charge in [-0.2, -0.15) is 0 Å². The number of rotatable bonds is 5. The number of hydrogen-bond acceptors (Lipinski definition) is 7. The highest BCUT2D eigenvalue weighted by Crippen LogP contribution is 2.30. The van der Waals surface area contributed by atoms with Crippen LogP contribution in [0.5, 0.6) is 0 Å². The van der Waals surface area contributed by atoms with E-state index in [1.165, 1.54) is 31.4 Å². The number of nitro groups is 1. The van der Waals surface area contributed by atoms with Gasteiger partial charge in [0.15, 0.2) is 7.14 Å². The summed E-state index contributed by atoms with van der Waals surface area (Å²) >= 11 is 1.43. The van der Waals surface area contributed by atoms with Crippen LogP contribution in [-0.4, -0.2) is 22.9 Å². The first-order valence-electron chi connectivity index (χ1n) is 10.6. The van der Waals surface area contributed by atoms with E-state index in [2.05, 4.69) is 47.4 Å². The molecule has 5 rings (SSSR count). The van der Waals surface area contributed by atoms with Gasteiger partial charge in [-0.1, -0.05) is 35.9 Å². The van der Waals surface area contributed by atoms with Gasteiger partial charge in [-0.25, -0.2) is 13.4 Å². The lowest BCUT2D eigenvalue weighted by Gasteiger charge is -2.05. The maximum atomic E-state index is 10.8. The molecule has 0 bridgehead atoms. The molecule has 0 N–H and O–H groups in total. The molecule has 5 aromatic rings. The third-order valence-electron chi connectivity index (χ3n) is 4.94. The zero-order valence-corrected chi connectivity index (χ0v) is 22.7. The molecule has 1 aromatic heterocycles. The minimum Gasteiger partial charge on any atom is -0.744 e. The fourth-order valence-corrected chi connectivity index (χ4v) is 7.13. The molecule has 182 valence electrons. The molecule has 36 heavy (non-hydrogen) atoms. The van der Waals surface area contributed by atoms with Gasteiger partial charge >= 0.3 is 21.2 Å². The fraction of sp³-hybridized carbons (Fsp3) is 0.0385. The van der Waals surface area contributed by atoms with Gasteiger partial charge in [-0.05, 0) is 55.5 Å². The largest absolute Gasteiger partial charge is 0.744 e. The molecule has 7 nitrogen and oxygen atoms in total. The SMILES string of the molecule is Cc1ccc(S(=O)(=O)[O-])cc1.O=[N+]([O-])c1ccc(-c2nc3ccc([I+]c4ccccc4)cc3s2)cc1. The zero-order valence-electron chi connectivity index (χ0n) is 18.9. The van der Waals surface area contributed by atoms with Crippen LogP contribution in [0.1, 0.15) is 5.56 Å². The average molecular weight is 630 g/mol. The van der Waals surface area contributed by atoms with E-state index in [0.29, 0.717) is 0 Å². The van der Waals surface area contributed by atoms with Gasteiger partial charge in [-0.3, -0.25) is 10.1 Å². The van der Waals surface area contributed by atoms with E-state index >= 15 is 0 Å². The van der Waals surface area contributed by atoms with Gasteiger partial charge in [0.1, 0.15) is 15.1 Å². The summed E-state index contributed by atoms with van der Waals surface area (Å²) in [5, 5.41) is 11.7. The summed E-state index contributed by atoms with van der Waals surface area (Å²) in [6.45, 7) is 1.82. The molecule has 0 aliphatic heterocycles. The number of nitrogens with zero attached hydrogens (tertiary/aromatic N) is 2. The summed E-state index contributed by atoms with van der Waals surface area (Å²) in [6.07, 6.45) is 0. The molecule has 0 atom stereocenters. The van der Waals surface area contributed by atoms with Crippen LogP contribution in [0, 0.1) is 24.2 Å². The standard InChI is InChI=1S/C19H12IN2O2S.C7H8O3S/c23-22(24)16-9-6-13(7-10-16)19-21-17-11-8-15(12-18(17)25-19)20-14-4-2-1-3-5-14;1-6-2-4-7(5-3-6)11(8,9)10/h1-12H;2-5H,1H3,(H,8,9,10)/q+1;/p-1. The Balaban J connectivity index is 0.000000233. The number of aromatic nitrogens is 1. The molecule has 0 aliphatic rings. The Morgan fingerprint density at radius 1 is 0.861 bits per heavy atom. The molecule has 4 aromatic carbocycles. The Bertz CT molecular complexity index is 1600. The lowest BCUT2D eigenvalue weighted by Crippen LogP contribution is -3.61. The second kappa shape index (κ2) is 11.2. The number of hydrogen-bond donors (Lipinski definition) is 0. The van der Waals surface area contributed by atoms with E-state index in [4.69, 9.17) is 0 Å². The van der Waals surface area contributed by atoms with E-state index in [-0.39, 0.29) is 36.7 Å². The normalized spacial score (nSPS) is 11.1. The minimum absolute atomic E-state index is 0.0970. The molecule has 1 heterocycles. The van der Waals surface area contributed by atoms with Crippen molar-refractivity contribution in [2.24, 2.45) is 0 Å². The summed E-state index contributed by atoms with van der Waals surface area (Å²) in [7, 11) is -4.27. The molecule has 10 heteroatoms.